The molecule has 140 valence electrons. The molecule has 1 amide bonds. The molecule has 0 atom stereocenters. The van der Waals surface area contributed by atoms with Crippen LogP contribution in [0.4, 0.5) is 18.9 Å². The van der Waals surface area contributed by atoms with Crippen LogP contribution in [0.3, 0.4) is 0 Å². The molecule has 0 aliphatic heterocycles. The number of carbonyl (C=O) groups excluding carboxylic acids is 1. The van der Waals surface area contributed by atoms with Crippen molar-refractivity contribution in [1.29, 1.82) is 0 Å². The Hall–Kier alpha value is -2.51. The van der Waals surface area contributed by atoms with E-state index in [1.165, 1.54) is 4.68 Å². The first-order valence-corrected chi connectivity index (χ1v) is 8.54. The molecule has 1 aromatic carbocycles. The van der Waals surface area contributed by atoms with E-state index < -0.39 is 11.9 Å². The van der Waals surface area contributed by atoms with E-state index in [0.717, 1.165) is 18.9 Å². The molecular weight excluding hydrogens is 347 g/mol. The van der Waals surface area contributed by atoms with E-state index in [4.69, 9.17) is 4.74 Å². The summed E-state index contributed by atoms with van der Waals surface area (Å²) in [5.74, 6) is 0.545. The molecule has 5 nitrogen and oxygen atoms in total. The summed E-state index contributed by atoms with van der Waals surface area (Å²) in [6, 6.07) is 8.02. The van der Waals surface area contributed by atoms with Gasteiger partial charge < -0.3 is 10.1 Å². The fourth-order valence-corrected chi connectivity index (χ4v) is 2.69. The van der Waals surface area contributed by atoms with Gasteiger partial charge in [0.25, 0.3) is 0 Å². The molecule has 0 bridgehead atoms. The number of nitrogens with one attached hydrogen (secondary N) is 1. The van der Waals surface area contributed by atoms with Gasteiger partial charge in [-0.3, -0.25) is 9.48 Å². The van der Waals surface area contributed by atoms with Gasteiger partial charge in [0, 0.05) is 30.3 Å². The molecule has 1 aliphatic carbocycles. The first-order chi connectivity index (χ1) is 12.4. The van der Waals surface area contributed by atoms with Crippen LogP contribution in [0.25, 0.3) is 0 Å². The predicted molar refractivity (Wildman–Crippen MR) is 90.1 cm³/mol. The normalized spacial score (nSPS) is 14.3. The Morgan fingerprint density at radius 1 is 1.31 bits per heavy atom. The maximum Gasteiger partial charge on any atom is 0.435 e. The lowest BCUT2D eigenvalue weighted by molar-refractivity contribution is -0.141. The van der Waals surface area contributed by atoms with Crippen molar-refractivity contribution in [2.24, 2.45) is 0 Å². The molecule has 1 aliphatic rings. The second kappa shape index (κ2) is 7.39. The van der Waals surface area contributed by atoms with Crippen LogP contribution in [-0.4, -0.2) is 22.3 Å². The second-order valence-electron chi connectivity index (χ2n) is 6.21. The number of nitrogens with zero attached hydrogens (tertiary/aromatic N) is 2. The Morgan fingerprint density at radius 3 is 2.58 bits per heavy atom. The number of amides is 1. The molecule has 1 saturated carbocycles. The summed E-state index contributed by atoms with van der Waals surface area (Å²) in [4.78, 5) is 12.1. The summed E-state index contributed by atoms with van der Waals surface area (Å²) in [5.41, 5.74) is 0.273. The summed E-state index contributed by atoms with van der Waals surface area (Å²) < 4.78 is 45.3. The topological polar surface area (TPSA) is 56.1 Å². The van der Waals surface area contributed by atoms with Crippen LogP contribution in [0.15, 0.2) is 30.3 Å². The molecule has 8 heteroatoms. The second-order valence-corrected chi connectivity index (χ2v) is 6.21. The third-order valence-corrected chi connectivity index (χ3v) is 4.10. The number of hydrogen-bond acceptors (Lipinski definition) is 3. The number of halogens is 3. The van der Waals surface area contributed by atoms with Crippen molar-refractivity contribution in [2.45, 2.75) is 44.8 Å². The van der Waals surface area contributed by atoms with Gasteiger partial charge in [-0.25, -0.2) is 0 Å². The highest BCUT2D eigenvalue weighted by Crippen LogP contribution is 2.42. The van der Waals surface area contributed by atoms with E-state index in [1.807, 2.05) is 6.92 Å². The van der Waals surface area contributed by atoms with Crippen molar-refractivity contribution >= 4 is 11.6 Å². The lowest BCUT2D eigenvalue weighted by atomic mass is 10.2. The van der Waals surface area contributed by atoms with Gasteiger partial charge >= 0.3 is 6.18 Å². The Kier molecular flexibility index (Phi) is 5.20. The number of rotatable bonds is 7. The summed E-state index contributed by atoms with van der Waals surface area (Å²) in [6.45, 7) is 2.55. The molecule has 0 spiro atoms. The van der Waals surface area contributed by atoms with Crippen molar-refractivity contribution in [3.05, 3.63) is 41.7 Å². The third-order valence-electron chi connectivity index (χ3n) is 4.10. The summed E-state index contributed by atoms with van der Waals surface area (Å²) in [5, 5.41) is 6.37. The smallest absolute Gasteiger partial charge is 0.435 e. The van der Waals surface area contributed by atoms with E-state index in [-0.39, 0.29) is 24.8 Å². The molecule has 0 saturated heterocycles. The molecule has 0 unspecified atom stereocenters. The quantitative estimate of drug-likeness (QED) is 0.798. The lowest BCUT2D eigenvalue weighted by Gasteiger charge is -2.09. The molecule has 1 heterocycles. The van der Waals surface area contributed by atoms with Gasteiger partial charge in [-0.05, 0) is 50.1 Å². The zero-order chi connectivity index (χ0) is 18.7. The lowest BCUT2D eigenvalue weighted by Crippen LogP contribution is -2.16. The van der Waals surface area contributed by atoms with Crippen LogP contribution in [0.1, 0.15) is 43.5 Å². The van der Waals surface area contributed by atoms with Crippen LogP contribution in [-0.2, 0) is 17.5 Å². The highest BCUT2D eigenvalue weighted by Gasteiger charge is 2.37. The van der Waals surface area contributed by atoms with Crippen LogP contribution >= 0.6 is 0 Å². The van der Waals surface area contributed by atoms with Crippen molar-refractivity contribution in [2.75, 3.05) is 11.9 Å². The van der Waals surface area contributed by atoms with E-state index in [9.17, 15) is 18.0 Å². The zero-order valence-electron chi connectivity index (χ0n) is 14.3. The number of anilines is 1. The minimum Gasteiger partial charge on any atom is -0.494 e. The SMILES string of the molecule is CCOc1ccc(NC(=O)CCn2nc(C(F)(F)F)cc2C2CC2)cc1. The van der Waals surface area contributed by atoms with Gasteiger partial charge in [0.05, 0.1) is 6.61 Å². The Balaban J connectivity index is 1.59. The van der Waals surface area contributed by atoms with Crippen LogP contribution in [0.5, 0.6) is 5.75 Å². The fourth-order valence-electron chi connectivity index (χ4n) is 2.69. The van der Waals surface area contributed by atoms with Gasteiger partial charge in [-0.1, -0.05) is 0 Å². The van der Waals surface area contributed by atoms with Gasteiger partial charge in [0.1, 0.15) is 5.75 Å². The fraction of sp³-hybridized carbons (Fsp3) is 0.444. The van der Waals surface area contributed by atoms with E-state index >= 15 is 0 Å². The molecule has 1 N–H and O–H groups in total. The molecule has 26 heavy (non-hydrogen) atoms. The summed E-state index contributed by atoms with van der Waals surface area (Å²) in [7, 11) is 0. The molecule has 0 radical (unpaired) electrons. The maximum absolute atomic E-state index is 12.9. The number of aromatic nitrogens is 2. The number of alkyl halides is 3. The number of hydrogen-bond donors (Lipinski definition) is 1. The average molecular weight is 367 g/mol. The van der Waals surface area contributed by atoms with Crippen molar-refractivity contribution < 1.29 is 22.7 Å². The number of aryl methyl sites for hydroxylation is 1. The molecule has 1 aromatic heterocycles. The van der Waals surface area contributed by atoms with Crippen LogP contribution in [0.2, 0.25) is 0 Å². The molecule has 1 fully saturated rings. The van der Waals surface area contributed by atoms with E-state index in [1.54, 1.807) is 24.3 Å². The van der Waals surface area contributed by atoms with Gasteiger partial charge in [-0.2, -0.15) is 18.3 Å². The largest absolute Gasteiger partial charge is 0.494 e. The van der Waals surface area contributed by atoms with Crippen LogP contribution in [0, 0.1) is 0 Å². The monoisotopic (exact) mass is 367 g/mol. The first-order valence-electron chi connectivity index (χ1n) is 8.54. The molecule has 2 aromatic rings. The third kappa shape index (κ3) is 4.56. The van der Waals surface area contributed by atoms with Gasteiger partial charge in [0.2, 0.25) is 5.91 Å². The zero-order valence-corrected chi connectivity index (χ0v) is 14.3. The molecular formula is C18H20F3N3O2. The Morgan fingerprint density at radius 2 is 2.00 bits per heavy atom. The van der Waals surface area contributed by atoms with Crippen molar-refractivity contribution in [1.82, 2.24) is 9.78 Å². The number of carbonyl (C=O) groups is 1. The summed E-state index contributed by atoms with van der Waals surface area (Å²) >= 11 is 0. The minimum atomic E-state index is -4.47. The van der Waals surface area contributed by atoms with Gasteiger partial charge in [0.15, 0.2) is 5.69 Å². The number of benzene rings is 1. The standard InChI is InChI=1S/C18H20F3N3O2/c1-2-26-14-7-5-13(6-8-14)22-17(25)9-10-24-15(12-3-4-12)11-16(23-24)18(19,20)21/h5-8,11-12H,2-4,9-10H2,1H3,(H,22,25). The van der Waals surface area contributed by atoms with Crippen molar-refractivity contribution in [3.8, 4) is 5.75 Å². The predicted octanol–water partition coefficient (Wildman–Crippen LogP) is 4.21. The van der Waals surface area contributed by atoms with Crippen LogP contribution < -0.4 is 10.1 Å². The highest BCUT2D eigenvalue weighted by atomic mass is 19.4. The Bertz CT molecular complexity index is 765. The highest BCUT2D eigenvalue weighted by molar-refractivity contribution is 5.90. The van der Waals surface area contributed by atoms with Gasteiger partial charge in [-0.15, -0.1) is 0 Å². The number of ether oxygens (including phenoxy) is 1. The Labute approximate surface area is 149 Å². The average Bonchev–Trinajstić information content (AvgIpc) is 3.33. The van der Waals surface area contributed by atoms with Crippen molar-refractivity contribution in [3.63, 3.8) is 0 Å². The first kappa shape index (κ1) is 18.3. The van der Waals surface area contributed by atoms with E-state index in [2.05, 4.69) is 10.4 Å². The summed E-state index contributed by atoms with van der Waals surface area (Å²) in [6.07, 6.45) is -2.70. The maximum atomic E-state index is 12.9. The van der Waals surface area contributed by atoms with E-state index in [0.29, 0.717) is 23.7 Å². The minimum absolute atomic E-state index is 0.0475. The molecule has 3 rings (SSSR count).